The summed E-state index contributed by atoms with van der Waals surface area (Å²) in [6.07, 6.45) is 3.94. The van der Waals surface area contributed by atoms with Crippen molar-refractivity contribution in [1.29, 1.82) is 0 Å². The standard InChI is InChI=1S/C24H34N6O3/c1-24(2,3)33-23(32)29-12-5-8-19(10-13-29)30(16-21-27-11-9-20(25)28-21)15-17-6-4-7-18(14-17)22(26)31/h4,6-7,9,11,14,19H,5,8,10,12-13,15-16H2,1-3H3,(H2,26,31)(H2,25,27,28). The maximum atomic E-state index is 12.6. The minimum atomic E-state index is -0.523. The summed E-state index contributed by atoms with van der Waals surface area (Å²) in [6, 6.07) is 9.19. The molecule has 0 radical (unpaired) electrons. The number of primary amides is 1. The third-order valence-electron chi connectivity index (χ3n) is 5.53. The molecule has 9 heteroatoms. The Morgan fingerprint density at radius 3 is 2.67 bits per heavy atom. The molecule has 3 rings (SSSR count). The number of anilines is 1. The van der Waals surface area contributed by atoms with Crippen LogP contribution in [0, 0.1) is 0 Å². The van der Waals surface area contributed by atoms with E-state index in [4.69, 9.17) is 16.2 Å². The highest BCUT2D eigenvalue weighted by Crippen LogP contribution is 2.23. The van der Waals surface area contributed by atoms with Gasteiger partial charge in [0.2, 0.25) is 5.91 Å². The van der Waals surface area contributed by atoms with Crippen molar-refractivity contribution in [2.45, 2.75) is 64.8 Å². The molecule has 1 aromatic carbocycles. The minimum Gasteiger partial charge on any atom is -0.444 e. The second kappa shape index (κ2) is 10.6. The second-order valence-corrected chi connectivity index (χ2v) is 9.42. The van der Waals surface area contributed by atoms with Crippen molar-refractivity contribution in [3.8, 4) is 0 Å². The molecule has 0 bridgehead atoms. The van der Waals surface area contributed by atoms with Gasteiger partial charge in [-0.2, -0.15) is 0 Å². The Balaban J connectivity index is 1.77. The second-order valence-electron chi connectivity index (χ2n) is 9.42. The number of nitrogen functional groups attached to an aromatic ring is 1. The maximum absolute atomic E-state index is 12.6. The lowest BCUT2D eigenvalue weighted by Gasteiger charge is -2.31. The van der Waals surface area contributed by atoms with Crippen molar-refractivity contribution in [3.63, 3.8) is 0 Å². The topological polar surface area (TPSA) is 128 Å². The van der Waals surface area contributed by atoms with Crippen molar-refractivity contribution in [3.05, 3.63) is 53.5 Å². The zero-order valence-electron chi connectivity index (χ0n) is 19.7. The molecule has 2 aromatic rings. The lowest BCUT2D eigenvalue weighted by Crippen LogP contribution is -2.39. The van der Waals surface area contributed by atoms with Crippen LogP contribution in [0.25, 0.3) is 0 Å². The van der Waals surface area contributed by atoms with Crippen LogP contribution in [0.1, 0.15) is 61.8 Å². The van der Waals surface area contributed by atoms with Gasteiger partial charge in [-0.3, -0.25) is 9.69 Å². The van der Waals surface area contributed by atoms with Crippen LogP contribution in [0.2, 0.25) is 0 Å². The number of carbonyl (C=O) groups is 2. The van der Waals surface area contributed by atoms with E-state index in [0.29, 0.717) is 43.4 Å². The number of nitrogens with zero attached hydrogens (tertiary/aromatic N) is 4. The van der Waals surface area contributed by atoms with Crippen LogP contribution < -0.4 is 11.5 Å². The first-order valence-electron chi connectivity index (χ1n) is 11.3. The first kappa shape index (κ1) is 24.4. The molecule has 1 aliphatic rings. The summed E-state index contributed by atoms with van der Waals surface area (Å²) in [5.74, 6) is 0.604. The van der Waals surface area contributed by atoms with E-state index in [1.54, 1.807) is 23.2 Å². The number of nitrogens with two attached hydrogens (primary N) is 2. The van der Waals surface area contributed by atoms with Gasteiger partial charge in [-0.25, -0.2) is 14.8 Å². The molecule has 1 aromatic heterocycles. The number of rotatable bonds is 6. The quantitative estimate of drug-likeness (QED) is 0.687. The van der Waals surface area contributed by atoms with E-state index in [1.807, 2.05) is 39.0 Å². The fraction of sp³-hybridized carbons (Fsp3) is 0.500. The van der Waals surface area contributed by atoms with Crippen LogP contribution in [0.4, 0.5) is 10.6 Å². The lowest BCUT2D eigenvalue weighted by atomic mass is 10.0. The first-order valence-corrected chi connectivity index (χ1v) is 11.3. The van der Waals surface area contributed by atoms with Gasteiger partial charge in [0, 0.05) is 37.4 Å². The molecule has 2 heterocycles. The predicted octanol–water partition coefficient (Wildman–Crippen LogP) is 2.95. The van der Waals surface area contributed by atoms with E-state index in [2.05, 4.69) is 14.9 Å². The molecule has 1 atom stereocenters. The van der Waals surface area contributed by atoms with Gasteiger partial charge in [-0.05, 0) is 63.8 Å². The fourth-order valence-electron chi connectivity index (χ4n) is 4.00. The molecule has 1 saturated heterocycles. The summed E-state index contributed by atoms with van der Waals surface area (Å²) in [6.45, 7) is 7.98. The van der Waals surface area contributed by atoms with Gasteiger partial charge in [-0.1, -0.05) is 12.1 Å². The Bertz CT molecular complexity index is 975. The van der Waals surface area contributed by atoms with Crippen LogP contribution in [-0.4, -0.2) is 56.5 Å². The Kier molecular flexibility index (Phi) is 7.86. The van der Waals surface area contributed by atoms with E-state index >= 15 is 0 Å². The molecule has 1 fully saturated rings. The number of aromatic nitrogens is 2. The molecule has 0 aliphatic carbocycles. The lowest BCUT2D eigenvalue weighted by molar-refractivity contribution is 0.0251. The zero-order valence-corrected chi connectivity index (χ0v) is 19.7. The largest absolute Gasteiger partial charge is 0.444 e. The van der Waals surface area contributed by atoms with E-state index in [0.717, 1.165) is 24.8 Å². The van der Waals surface area contributed by atoms with Gasteiger partial charge in [-0.15, -0.1) is 0 Å². The molecule has 4 N–H and O–H groups in total. The number of hydrogen-bond donors (Lipinski definition) is 2. The number of benzene rings is 1. The van der Waals surface area contributed by atoms with E-state index in [1.165, 1.54) is 0 Å². The highest BCUT2D eigenvalue weighted by molar-refractivity contribution is 5.92. The average Bonchev–Trinajstić information content (AvgIpc) is 2.99. The third kappa shape index (κ3) is 7.42. The number of hydrogen-bond acceptors (Lipinski definition) is 7. The molecular weight excluding hydrogens is 420 g/mol. The number of amides is 2. The Morgan fingerprint density at radius 1 is 1.18 bits per heavy atom. The maximum Gasteiger partial charge on any atom is 0.410 e. The monoisotopic (exact) mass is 454 g/mol. The number of ether oxygens (including phenoxy) is 1. The summed E-state index contributed by atoms with van der Waals surface area (Å²) < 4.78 is 5.56. The predicted molar refractivity (Wildman–Crippen MR) is 126 cm³/mol. The van der Waals surface area contributed by atoms with Crippen LogP contribution in [0.5, 0.6) is 0 Å². The Labute approximate surface area is 195 Å². The van der Waals surface area contributed by atoms with E-state index < -0.39 is 11.5 Å². The van der Waals surface area contributed by atoms with Gasteiger partial charge in [0.25, 0.3) is 0 Å². The number of carbonyl (C=O) groups excluding carboxylic acids is 2. The molecule has 1 aliphatic heterocycles. The van der Waals surface area contributed by atoms with E-state index in [-0.39, 0.29) is 12.1 Å². The highest BCUT2D eigenvalue weighted by atomic mass is 16.6. The van der Waals surface area contributed by atoms with Crippen LogP contribution in [0.15, 0.2) is 36.5 Å². The minimum absolute atomic E-state index is 0.194. The average molecular weight is 455 g/mol. The van der Waals surface area contributed by atoms with Gasteiger partial charge < -0.3 is 21.1 Å². The Hall–Kier alpha value is -3.20. The molecule has 0 spiro atoms. The van der Waals surface area contributed by atoms with Crippen LogP contribution in [-0.2, 0) is 17.8 Å². The van der Waals surface area contributed by atoms with Crippen LogP contribution >= 0.6 is 0 Å². The zero-order chi connectivity index (χ0) is 24.0. The van der Waals surface area contributed by atoms with E-state index in [9.17, 15) is 9.59 Å². The third-order valence-corrected chi connectivity index (χ3v) is 5.53. The summed E-state index contributed by atoms with van der Waals surface area (Å²) in [5.41, 5.74) is 12.3. The molecule has 1 unspecified atom stereocenters. The van der Waals surface area contributed by atoms with Crippen molar-refractivity contribution >= 4 is 17.8 Å². The van der Waals surface area contributed by atoms with Crippen LogP contribution in [0.3, 0.4) is 0 Å². The fourth-order valence-corrected chi connectivity index (χ4v) is 4.00. The summed E-state index contributed by atoms with van der Waals surface area (Å²) >= 11 is 0. The first-order chi connectivity index (χ1) is 15.6. The van der Waals surface area contributed by atoms with Crippen molar-refractivity contribution in [1.82, 2.24) is 19.8 Å². The summed E-state index contributed by atoms with van der Waals surface area (Å²) in [7, 11) is 0. The SMILES string of the molecule is CC(C)(C)OC(=O)N1CCCC(N(Cc2cccc(C(N)=O)c2)Cc2nccc(N)n2)CC1. The van der Waals surface area contributed by atoms with Gasteiger partial charge in [0.1, 0.15) is 17.2 Å². The smallest absolute Gasteiger partial charge is 0.410 e. The molecular formula is C24H34N6O3. The highest BCUT2D eigenvalue weighted by Gasteiger charge is 2.28. The van der Waals surface area contributed by atoms with Crippen molar-refractivity contribution < 1.29 is 14.3 Å². The van der Waals surface area contributed by atoms with Gasteiger partial charge in [0.05, 0.1) is 6.54 Å². The normalized spacial score (nSPS) is 17.0. The summed E-state index contributed by atoms with van der Waals surface area (Å²) in [4.78, 5) is 37.0. The number of likely N-dealkylation sites (tertiary alicyclic amines) is 1. The van der Waals surface area contributed by atoms with Crippen molar-refractivity contribution in [2.75, 3.05) is 18.8 Å². The molecule has 0 saturated carbocycles. The van der Waals surface area contributed by atoms with Gasteiger partial charge in [0.15, 0.2) is 0 Å². The van der Waals surface area contributed by atoms with Gasteiger partial charge >= 0.3 is 6.09 Å². The van der Waals surface area contributed by atoms with Crippen molar-refractivity contribution in [2.24, 2.45) is 5.73 Å². The molecule has 2 amide bonds. The molecule has 9 nitrogen and oxygen atoms in total. The Morgan fingerprint density at radius 2 is 1.97 bits per heavy atom. The molecule has 33 heavy (non-hydrogen) atoms. The summed E-state index contributed by atoms with van der Waals surface area (Å²) in [5, 5.41) is 0. The molecule has 178 valence electrons.